The molecule has 18 heavy (non-hydrogen) atoms. The Morgan fingerprint density at radius 3 is 2.44 bits per heavy atom. The molecule has 0 unspecified atom stereocenters. The summed E-state index contributed by atoms with van der Waals surface area (Å²) in [5.74, 6) is 0. The molecular formula is C12H13N5O. The molecule has 2 N–H and O–H groups in total. The van der Waals surface area contributed by atoms with E-state index < -0.39 is 0 Å². The van der Waals surface area contributed by atoms with E-state index in [0.29, 0.717) is 12.2 Å². The quantitative estimate of drug-likeness (QED) is 0.592. The smallest absolute Gasteiger partial charge is 0.237 e. The Hall–Kier alpha value is -2.57. The van der Waals surface area contributed by atoms with E-state index in [2.05, 4.69) is 10.5 Å². The van der Waals surface area contributed by atoms with E-state index in [1.165, 1.54) is 0 Å². The van der Waals surface area contributed by atoms with E-state index >= 15 is 0 Å². The Labute approximate surface area is 105 Å². The first kappa shape index (κ1) is 13.5. The zero-order valence-corrected chi connectivity index (χ0v) is 9.96. The van der Waals surface area contributed by atoms with Gasteiger partial charge in [-0.15, -0.1) is 0 Å². The minimum atomic E-state index is -0.225. The Balaban J connectivity index is 2.70. The van der Waals surface area contributed by atoms with Crippen molar-refractivity contribution >= 4 is 17.1 Å². The summed E-state index contributed by atoms with van der Waals surface area (Å²) in [6, 6.07) is 10.6. The summed E-state index contributed by atoms with van der Waals surface area (Å²) in [4.78, 5) is 1.91. The predicted molar refractivity (Wildman–Crippen MR) is 69.1 cm³/mol. The van der Waals surface area contributed by atoms with Crippen LogP contribution in [0.1, 0.15) is 0 Å². The standard InChI is InChI=1S/C12H13N5O/c1-17(6-7-18)12-4-2-10(3-5-12)15-16-11(8-13)9-14/h2-5,15,18H,6-7H2,1H3. The fraction of sp³-hybridized carbons (Fsp3) is 0.250. The van der Waals surface area contributed by atoms with Crippen molar-refractivity contribution in [3.63, 3.8) is 0 Å². The third kappa shape index (κ3) is 3.78. The molecular weight excluding hydrogens is 230 g/mol. The number of hydrogen-bond acceptors (Lipinski definition) is 6. The van der Waals surface area contributed by atoms with Gasteiger partial charge in [-0.05, 0) is 24.3 Å². The summed E-state index contributed by atoms with van der Waals surface area (Å²) in [5.41, 5.74) is 4.03. The van der Waals surface area contributed by atoms with Crippen LogP contribution in [0.15, 0.2) is 29.4 Å². The van der Waals surface area contributed by atoms with Gasteiger partial charge in [-0.2, -0.15) is 15.6 Å². The molecule has 1 aromatic carbocycles. The second-order valence-corrected chi connectivity index (χ2v) is 3.49. The molecule has 6 heteroatoms. The summed E-state index contributed by atoms with van der Waals surface area (Å²) in [7, 11) is 1.88. The third-order valence-corrected chi connectivity index (χ3v) is 2.25. The van der Waals surface area contributed by atoms with Crippen molar-refractivity contribution in [2.24, 2.45) is 5.10 Å². The zero-order chi connectivity index (χ0) is 13.4. The van der Waals surface area contributed by atoms with E-state index in [1.54, 1.807) is 24.3 Å². The van der Waals surface area contributed by atoms with Crippen LogP contribution < -0.4 is 10.3 Å². The molecule has 6 nitrogen and oxygen atoms in total. The molecule has 0 aliphatic rings. The predicted octanol–water partition coefficient (Wildman–Crippen LogP) is 0.930. The van der Waals surface area contributed by atoms with Gasteiger partial charge in [0.05, 0.1) is 12.3 Å². The molecule has 0 amide bonds. The molecule has 1 aromatic rings. The summed E-state index contributed by atoms with van der Waals surface area (Å²) in [6.45, 7) is 0.645. The van der Waals surface area contributed by atoms with Gasteiger partial charge in [0.15, 0.2) is 0 Å². The van der Waals surface area contributed by atoms with Crippen LogP contribution in [0.5, 0.6) is 0 Å². The van der Waals surface area contributed by atoms with E-state index in [4.69, 9.17) is 15.6 Å². The second kappa shape index (κ2) is 6.89. The Kier molecular flexibility index (Phi) is 5.17. The van der Waals surface area contributed by atoms with Gasteiger partial charge >= 0.3 is 0 Å². The fourth-order valence-corrected chi connectivity index (χ4v) is 1.26. The van der Waals surface area contributed by atoms with Gasteiger partial charge < -0.3 is 10.0 Å². The maximum Gasteiger partial charge on any atom is 0.237 e. The number of hydrogen-bond donors (Lipinski definition) is 2. The van der Waals surface area contributed by atoms with Crippen LogP contribution in [0, 0.1) is 22.7 Å². The molecule has 0 aromatic heterocycles. The van der Waals surface area contributed by atoms with Crippen LogP contribution in [-0.2, 0) is 0 Å². The summed E-state index contributed by atoms with van der Waals surface area (Å²) < 4.78 is 0. The molecule has 0 saturated heterocycles. The van der Waals surface area contributed by atoms with Crippen LogP contribution in [0.2, 0.25) is 0 Å². The van der Waals surface area contributed by atoms with Crippen LogP contribution in [0.4, 0.5) is 11.4 Å². The van der Waals surface area contributed by atoms with Crippen molar-refractivity contribution in [2.75, 3.05) is 30.5 Å². The molecule has 0 fully saturated rings. The minimum absolute atomic E-state index is 0.0918. The normalized spacial score (nSPS) is 8.89. The molecule has 0 heterocycles. The van der Waals surface area contributed by atoms with E-state index in [1.807, 2.05) is 24.1 Å². The monoisotopic (exact) mass is 243 g/mol. The molecule has 1 rings (SSSR count). The zero-order valence-electron chi connectivity index (χ0n) is 9.96. The highest BCUT2D eigenvalue weighted by Gasteiger charge is 2.00. The Bertz CT molecular complexity index is 479. The lowest BCUT2D eigenvalue weighted by Gasteiger charge is -2.17. The third-order valence-electron chi connectivity index (χ3n) is 2.25. The van der Waals surface area contributed by atoms with Gasteiger partial charge in [-0.3, -0.25) is 5.43 Å². The number of benzene rings is 1. The van der Waals surface area contributed by atoms with Gasteiger partial charge in [0, 0.05) is 19.3 Å². The number of nitrogens with one attached hydrogen (secondary N) is 1. The fourth-order valence-electron chi connectivity index (χ4n) is 1.26. The lowest BCUT2D eigenvalue weighted by molar-refractivity contribution is 0.304. The van der Waals surface area contributed by atoms with Gasteiger partial charge in [-0.25, -0.2) is 0 Å². The molecule has 0 atom stereocenters. The minimum Gasteiger partial charge on any atom is -0.395 e. The molecule has 0 aliphatic heterocycles. The largest absolute Gasteiger partial charge is 0.395 e. The molecule has 0 saturated carbocycles. The molecule has 0 aliphatic carbocycles. The number of nitriles is 2. The summed E-state index contributed by atoms with van der Waals surface area (Å²) >= 11 is 0. The highest BCUT2D eigenvalue weighted by molar-refractivity contribution is 6.10. The lowest BCUT2D eigenvalue weighted by Crippen LogP contribution is -2.20. The van der Waals surface area contributed by atoms with E-state index in [-0.39, 0.29) is 12.3 Å². The second-order valence-electron chi connectivity index (χ2n) is 3.49. The van der Waals surface area contributed by atoms with Crippen molar-refractivity contribution in [3.05, 3.63) is 24.3 Å². The van der Waals surface area contributed by atoms with E-state index in [9.17, 15) is 0 Å². The highest BCUT2D eigenvalue weighted by Crippen LogP contribution is 2.16. The van der Waals surface area contributed by atoms with Gasteiger partial charge in [0.25, 0.3) is 0 Å². The number of hydrazone groups is 1. The number of rotatable bonds is 5. The first-order chi connectivity index (χ1) is 8.71. The van der Waals surface area contributed by atoms with Crippen LogP contribution in [0.25, 0.3) is 0 Å². The highest BCUT2D eigenvalue weighted by atomic mass is 16.3. The Morgan fingerprint density at radius 2 is 1.94 bits per heavy atom. The van der Waals surface area contributed by atoms with Crippen molar-refractivity contribution in [1.82, 2.24) is 0 Å². The maximum atomic E-state index is 8.82. The average Bonchev–Trinajstić information content (AvgIpc) is 2.41. The van der Waals surface area contributed by atoms with Crippen LogP contribution in [-0.4, -0.2) is 31.0 Å². The van der Waals surface area contributed by atoms with Crippen molar-refractivity contribution in [2.45, 2.75) is 0 Å². The average molecular weight is 243 g/mol. The lowest BCUT2D eigenvalue weighted by atomic mass is 10.2. The van der Waals surface area contributed by atoms with Crippen LogP contribution in [0.3, 0.4) is 0 Å². The maximum absolute atomic E-state index is 8.82. The first-order valence-corrected chi connectivity index (χ1v) is 5.27. The molecule has 92 valence electrons. The first-order valence-electron chi connectivity index (χ1n) is 5.27. The topological polar surface area (TPSA) is 95.4 Å². The van der Waals surface area contributed by atoms with Gasteiger partial charge in [0.2, 0.25) is 5.71 Å². The Morgan fingerprint density at radius 1 is 1.33 bits per heavy atom. The van der Waals surface area contributed by atoms with Crippen molar-refractivity contribution < 1.29 is 5.11 Å². The van der Waals surface area contributed by atoms with Gasteiger partial charge in [0.1, 0.15) is 12.1 Å². The van der Waals surface area contributed by atoms with Crippen molar-refractivity contribution in [1.29, 1.82) is 10.5 Å². The number of likely N-dealkylation sites (N-methyl/N-ethyl adjacent to an activating group) is 1. The molecule has 0 spiro atoms. The number of aliphatic hydroxyl groups is 1. The van der Waals surface area contributed by atoms with Crippen LogP contribution >= 0.6 is 0 Å². The number of aliphatic hydroxyl groups excluding tert-OH is 1. The number of nitrogens with zero attached hydrogens (tertiary/aromatic N) is 4. The summed E-state index contributed by atoms with van der Waals surface area (Å²) in [5, 5.41) is 29.5. The van der Waals surface area contributed by atoms with E-state index in [0.717, 1.165) is 5.69 Å². The van der Waals surface area contributed by atoms with Gasteiger partial charge in [-0.1, -0.05) is 0 Å². The number of anilines is 2. The SMILES string of the molecule is CN(CCO)c1ccc(NN=C(C#N)C#N)cc1. The van der Waals surface area contributed by atoms with Crippen molar-refractivity contribution in [3.8, 4) is 12.1 Å². The molecule has 0 radical (unpaired) electrons. The summed E-state index contributed by atoms with van der Waals surface area (Å²) in [6.07, 6.45) is 0. The molecule has 0 bridgehead atoms.